The van der Waals surface area contributed by atoms with Crippen LogP contribution in [-0.4, -0.2) is 59.7 Å². The molecule has 6 heteroatoms. The number of hydrogen-bond donors (Lipinski definition) is 5. The van der Waals surface area contributed by atoms with Gasteiger partial charge in [-0.1, -0.05) is 0 Å². The van der Waals surface area contributed by atoms with Gasteiger partial charge in [0.2, 0.25) is 5.91 Å². The molecule has 0 aliphatic carbocycles. The summed E-state index contributed by atoms with van der Waals surface area (Å²) in [5.74, 6) is 0.110. The van der Waals surface area contributed by atoms with Crippen LogP contribution in [-0.2, 0) is 4.79 Å². The Morgan fingerprint density at radius 2 is 1.71 bits per heavy atom. The van der Waals surface area contributed by atoms with E-state index in [0.29, 0.717) is 12.3 Å². The second kappa shape index (κ2) is 6.90. The van der Waals surface area contributed by atoms with E-state index in [1.807, 2.05) is 0 Å². The van der Waals surface area contributed by atoms with Gasteiger partial charge < -0.3 is 26.0 Å². The Morgan fingerprint density at radius 1 is 1.18 bits per heavy atom. The fraction of sp³-hybridized carbons (Fsp3) is 0.909. The molecule has 0 radical (unpaired) electrons. The minimum absolute atomic E-state index is 0.228. The molecule has 0 aromatic heterocycles. The van der Waals surface area contributed by atoms with E-state index in [4.69, 9.17) is 15.3 Å². The summed E-state index contributed by atoms with van der Waals surface area (Å²) in [4.78, 5) is 11.7. The minimum Gasteiger partial charge on any atom is -0.394 e. The van der Waals surface area contributed by atoms with Crippen LogP contribution in [0.1, 0.15) is 19.3 Å². The summed E-state index contributed by atoms with van der Waals surface area (Å²) >= 11 is 0. The summed E-state index contributed by atoms with van der Waals surface area (Å²) in [5.41, 5.74) is -1.30. The first kappa shape index (κ1) is 14.4. The summed E-state index contributed by atoms with van der Waals surface area (Å²) < 4.78 is 0. The van der Waals surface area contributed by atoms with Gasteiger partial charge in [0.25, 0.3) is 0 Å². The first-order valence-corrected chi connectivity index (χ1v) is 6.00. The minimum atomic E-state index is -1.30. The molecular formula is C11H22N2O4. The highest BCUT2D eigenvalue weighted by molar-refractivity contribution is 5.77. The summed E-state index contributed by atoms with van der Waals surface area (Å²) in [6.07, 6.45) is 2.29. The lowest BCUT2D eigenvalue weighted by Crippen LogP contribution is -2.57. The Bertz CT molecular complexity index is 229. The Labute approximate surface area is 101 Å². The maximum atomic E-state index is 11.7. The third kappa shape index (κ3) is 4.23. The number of hydrogen-bond acceptors (Lipinski definition) is 5. The molecule has 1 heterocycles. The number of piperidine rings is 1. The number of rotatable bonds is 6. The second-order valence-corrected chi connectivity index (χ2v) is 4.70. The molecule has 0 spiro atoms. The summed E-state index contributed by atoms with van der Waals surface area (Å²) in [6, 6.07) is 0. The van der Waals surface area contributed by atoms with Gasteiger partial charge in [-0.25, -0.2) is 0 Å². The third-order valence-corrected chi connectivity index (χ3v) is 3.25. The number of aliphatic hydroxyl groups is 3. The van der Waals surface area contributed by atoms with Gasteiger partial charge in [-0.05, 0) is 31.8 Å². The highest BCUT2D eigenvalue weighted by Gasteiger charge is 2.30. The van der Waals surface area contributed by atoms with E-state index in [1.165, 1.54) is 0 Å². The number of carbonyl (C=O) groups excluding carboxylic acids is 1. The molecule has 100 valence electrons. The van der Waals surface area contributed by atoms with Gasteiger partial charge in [0, 0.05) is 6.42 Å². The Hall–Kier alpha value is -0.690. The normalized spacial score (nSPS) is 18.1. The molecule has 0 bridgehead atoms. The molecule has 17 heavy (non-hydrogen) atoms. The van der Waals surface area contributed by atoms with E-state index in [2.05, 4.69) is 10.6 Å². The van der Waals surface area contributed by atoms with E-state index in [-0.39, 0.29) is 5.91 Å². The van der Waals surface area contributed by atoms with Crippen LogP contribution in [0.3, 0.4) is 0 Å². The molecule has 1 amide bonds. The standard InChI is InChI=1S/C11H22N2O4/c14-6-11(7-15,8-16)13-10(17)5-9-1-3-12-4-2-9/h9,12,14-16H,1-8H2,(H,13,17). The zero-order chi connectivity index (χ0) is 12.7. The SMILES string of the molecule is O=C(CC1CCNCC1)NC(CO)(CO)CO. The molecule has 0 aromatic carbocycles. The lowest BCUT2D eigenvalue weighted by molar-refractivity contribution is -0.126. The quantitative estimate of drug-likeness (QED) is 0.381. The van der Waals surface area contributed by atoms with Gasteiger partial charge in [-0.2, -0.15) is 0 Å². The maximum Gasteiger partial charge on any atom is 0.220 e. The van der Waals surface area contributed by atoms with E-state index in [1.54, 1.807) is 0 Å². The number of carbonyl (C=O) groups is 1. The van der Waals surface area contributed by atoms with Gasteiger partial charge >= 0.3 is 0 Å². The van der Waals surface area contributed by atoms with Crippen LogP contribution >= 0.6 is 0 Å². The molecule has 6 nitrogen and oxygen atoms in total. The predicted octanol–water partition coefficient (Wildman–Crippen LogP) is -1.79. The van der Waals surface area contributed by atoms with Crippen LogP contribution in [0.2, 0.25) is 0 Å². The van der Waals surface area contributed by atoms with Crippen LogP contribution in [0, 0.1) is 5.92 Å². The highest BCUT2D eigenvalue weighted by atomic mass is 16.3. The molecule has 1 aliphatic heterocycles. The number of aliphatic hydroxyl groups excluding tert-OH is 3. The fourth-order valence-electron chi connectivity index (χ4n) is 1.96. The molecule has 0 atom stereocenters. The van der Waals surface area contributed by atoms with E-state index in [9.17, 15) is 4.79 Å². The summed E-state index contributed by atoms with van der Waals surface area (Å²) in [6.45, 7) is 0.417. The van der Waals surface area contributed by atoms with Gasteiger partial charge in [0.15, 0.2) is 0 Å². The number of nitrogens with one attached hydrogen (secondary N) is 2. The van der Waals surface area contributed by atoms with Gasteiger partial charge in [0.1, 0.15) is 5.54 Å². The van der Waals surface area contributed by atoms with E-state index < -0.39 is 25.4 Å². The average Bonchev–Trinajstić information content (AvgIpc) is 2.37. The summed E-state index contributed by atoms with van der Waals surface area (Å²) in [5, 5.41) is 33.0. The lowest BCUT2D eigenvalue weighted by atomic mass is 9.93. The monoisotopic (exact) mass is 246 g/mol. The van der Waals surface area contributed by atoms with Crippen molar-refractivity contribution < 1.29 is 20.1 Å². The van der Waals surface area contributed by atoms with Gasteiger partial charge in [-0.3, -0.25) is 4.79 Å². The zero-order valence-electron chi connectivity index (χ0n) is 9.98. The largest absolute Gasteiger partial charge is 0.394 e. The first-order chi connectivity index (χ1) is 8.15. The van der Waals surface area contributed by atoms with Crippen molar-refractivity contribution in [2.45, 2.75) is 24.8 Å². The van der Waals surface area contributed by atoms with Crippen LogP contribution in [0.15, 0.2) is 0 Å². The van der Waals surface area contributed by atoms with Crippen molar-refractivity contribution in [2.75, 3.05) is 32.9 Å². The van der Waals surface area contributed by atoms with Crippen molar-refractivity contribution >= 4 is 5.91 Å². The molecule has 5 N–H and O–H groups in total. The number of amides is 1. The Morgan fingerprint density at radius 3 is 2.18 bits per heavy atom. The van der Waals surface area contributed by atoms with E-state index >= 15 is 0 Å². The second-order valence-electron chi connectivity index (χ2n) is 4.70. The van der Waals surface area contributed by atoms with Crippen molar-refractivity contribution in [3.8, 4) is 0 Å². The van der Waals surface area contributed by atoms with Crippen molar-refractivity contribution in [1.29, 1.82) is 0 Å². The third-order valence-electron chi connectivity index (χ3n) is 3.25. The molecule has 0 unspecified atom stereocenters. The van der Waals surface area contributed by atoms with Crippen LogP contribution < -0.4 is 10.6 Å². The molecule has 1 saturated heterocycles. The van der Waals surface area contributed by atoms with Gasteiger partial charge in [-0.15, -0.1) is 0 Å². The lowest BCUT2D eigenvalue weighted by Gasteiger charge is -2.30. The van der Waals surface area contributed by atoms with Crippen LogP contribution in [0.25, 0.3) is 0 Å². The highest BCUT2D eigenvalue weighted by Crippen LogP contribution is 2.16. The fourth-order valence-corrected chi connectivity index (χ4v) is 1.96. The summed E-state index contributed by atoms with van der Waals surface area (Å²) in [7, 11) is 0. The van der Waals surface area contributed by atoms with E-state index in [0.717, 1.165) is 25.9 Å². The smallest absolute Gasteiger partial charge is 0.220 e. The molecule has 1 rings (SSSR count). The Balaban J connectivity index is 2.41. The van der Waals surface area contributed by atoms with Crippen molar-refractivity contribution in [1.82, 2.24) is 10.6 Å². The van der Waals surface area contributed by atoms with Gasteiger partial charge in [0.05, 0.1) is 19.8 Å². The molecule has 1 fully saturated rings. The Kier molecular flexibility index (Phi) is 5.84. The molecule has 0 aromatic rings. The molecule has 1 aliphatic rings. The van der Waals surface area contributed by atoms with Crippen molar-refractivity contribution in [3.63, 3.8) is 0 Å². The molecular weight excluding hydrogens is 224 g/mol. The first-order valence-electron chi connectivity index (χ1n) is 6.00. The topological polar surface area (TPSA) is 102 Å². The predicted molar refractivity (Wildman–Crippen MR) is 62.3 cm³/mol. The van der Waals surface area contributed by atoms with Crippen LogP contribution in [0.5, 0.6) is 0 Å². The molecule has 0 saturated carbocycles. The van der Waals surface area contributed by atoms with Crippen molar-refractivity contribution in [2.24, 2.45) is 5.92 Å². The average molecular weight is 246 g/mol. The maximum absolute atomic E-state index is 11.7. The van der Waals surface area contributed by atoms with Crippen molar-refractivity contribution in [3.05, 3.63) is 0 Å². The van der Waals surface area contributed by atoms with Crippen LogP contribution in [0.4, 0.5) is 0 Å². The zero-order valence-corrected chi connectivity index (χ0v) is 9.98.